The summed E-state index contributed by atoms with van der Waals surface area (Å²) in [4.78, 5) is 18.6. The number of ether oxygens (including phenoxy) is 1. The van der Waals surface area contributed by atoms with Gasteiger partial charge in [0.1, 0.15) is 5.82 Å². The molecule has 0 bridgehead atoms. The van der Waals surface area contributed by atoms with Gasteiger partial charge in [-0.2, -0.15) is 18.5 Å². The molecule has 4 N–H and O–H groups in total. The van der Waals surface area contributed by atoms with Crippen molar-refractivity contribution in [3.63, 3.8) is 0 Å². The third kappa shape index (κ3) is 4.06. The number of aromatic amines is 1. The summed E-state index contributed by atoms with van der Waals surface area (Å²) in [5.74, 6) is 1.15. The smallest absolute Gasteiger partial charge is 0.275 e. The van der Waals surface area contributed by atoms with Crippen LogP contribution in [-0.2, 0) is 10.2 Å². The number of nitrogens with two attached hydrogens (primary N) is 1. The van der Waals surface area contributed by atoms with E-state index in [2.05, 4.69) is 19.9 Å². The quantitative estimate of drug-likeness (QED) is 0.635. The van der Waals surface area contributed by atoms with Crippen LogP contribution in [0.25, 0.3) is 10.8 Å². The molecule has 0 aliphatic carbocycles. The molecule has 25 heavy (non-hydrogen) atoms. The minimum atomic E-state index is -3.68. The van der Waals surface area contributed by atoms with Gasteiger partial charge in [0.05, 0.1) is 18.7 Å². The Bertz CT molecular complexity index is 921. The molecule has 0 spiro atoms. The molecule has 0 unspecified atom stereocenters. The van der Waals surface area contributed by atoms with Gasteiger partial charge in [-0.1, -0.05) is 0 Å². The number of anilines is 1. The summed E-state index contributed by atoms with van der Waals surface area (Å²) in [7, 11) is -2.16. The van der Waals surface area contributed by atoms with Crippen LogP contribution in [-0.4, -0.2) is 50.3 Å². The number of piperidine rings is 1. The first kappa shape index (κ1) is 17.6. The Labute approximate surface area is 144 Å². The number of hydrogen-bond donors (Lipinski definition) is 3. The highest BCUT2D eigenvalue weighted by Gasteiger charge is 2.24. The van der Waals surface area contributed by atoms with Crippen LogP contribution in [0.4, 0.5) is 5.82 Å². The molecule has 10 nitrogen and oxygen atoms in total. The second kappa shape index (κ2) is 6.94. The molecule has 0 atom stereocenters. The van der Waals surface area contributed by atoms with Gasteiger partial charge in [0.25, 0.3) is 15.8 Å². The molecular weight excluding hydrogens is 348 g/mol. The Balaban J connectivity index is 1.82. The summed E-state index contributed by atoms with van der Waals surface area (Å²) in [6, 6.07) is 1.67. The van der Waals surface area contributed by atoms with Gasteiger partial charge in [-0.05, 0) is 18.8 Å². The van der Waals surface area contributed by atoms with Crippen molar-refractivity contribution in [2.24, 2.45) is 11.1 Å². The zero-order valence-electron chi connectivity index (χ0n) is 13.7. The van der Waals surface area contributed by atoms with Crippen LogP contribution in [0.5, 0.6) is 5.88 Å². The van der Waals surface area contributed by atoms with Crippen molar-refractivity contribution >= 4 is 26.8 Å². The van der Waals surface area contributed by atoms with Crippen LogP contribution in [0.3, 0.4) is 0 Å². The molecule has 1 aliphatic rings. The summed E-state index contributed by atoms with van der Waals surface area (Å²) in [6.07, 6.45) is 3.07. The molecule has 0 saturated carbocycles. The van der Waals surface area contributed by atoms with Crippen LogP contribution in [0.15, 0.2) is 17.1 Å². The zero-order chi connectivity index (χ0) is 18.0. The molecule has 1 saturated heterocycles. The van der Waals surface area contributed by atoms with Crippen LogP contribution in [0.1, 0.15) is 12.8 Å². The Morgan fingerprint density at radius 3 is 2.80 bits per heavy atom. The van der Waals surface area contributed by atoms with Gasteiger partial charge >= 0.3 is 0 Å². The molecule has 136 valence electrons. The van der Waals surface area contributed by atoms with Crippen LogP contribution in [0, 0.1) is 5.92 Å². The molecule has 2 aromatic rings. The van der Waals surface area contributed by atoms with Gasteiger partial charge in [0.15, 0.2) is 0 Å². The minimum absolute atomic E-state index is 0.186. The third-order valence-corrected chi connectivity index (χ3v) is 4.87. The topological polar surface area (TPSA) is 143 Å². The van der Waals surface area contributed by atoms with Gasteiger partial charge < -0.3 is 9.64 Å². The number of nitrogens with zero attached hydrogens (tertiary/aromatic N) is 3. The van der Waals surface area contributed by atoms with Crippen molar-refractivity contribution in [3.8, 4) is 5.88 Å². The summed E-state index contributed by atoms with van der Waals surface area (Å²) in [5.41, 5.74) is -0.305. The Hall–Kier alpha value is -2.24. The third-order valence-electron chi connectivity index (χ3n) is 4.30. The lowest BCUT2D eigenvalue weighted by Gasteiger charge is -2.33. The molecule has 3 heterocycles. The predicted molar refractivity (Wildman–Crippen MR) is 92.8 cm³/mol. The fourth-order valence-electron chi connectivity index (χ4n) is 2.99. The molecule has 1 aliphatic heterocycles. The fourth-order valence-corrected chi connectivity index (χ4v) is 3.46. The maximum absolute atomic E-state index is 12.2. The highest BCUT2D eigenvalue weighted by molar-refractivity contribution is 7.87. The minimum Gasteiger partial charge on any atom is -0.481 e. The number of H-pyrrole nitrogens is 1. The van der Waals surface area contributed by atoms with E-state index >= 15 is 0 Å². The maximum Gasteiger partial charge on any atom is 0.275 e. The van der Waals surface area contributed by atoms with E-state index in [9.17, 15) is 13.2 Å². The van der Waals surface area contributed by atoms with Gasteiger partial charge in [-0.15, -0.1) is 0 Å². The highest BCUT2D eigenvalue weighted by atomic mass is 32.2. The normalized spacial score (nSPS) is 16.3. The van der Waals surface area contributed by atoms with E-state index in [4.69, 9.17) is 9.88 Å². The zero-order valence-corrected chi connectivity index (χ0v) is 14.5. The summed E-state index contributed by atoms with van der Waals surface area (Å²) < 4.78 is 29.6. The second-order valence-electron chi connectivity index (χ2n) is 5.98. The lowest BCUT2D eigenvalue weighted by Crippen LogP contribution is -2.41. The number of hydrogen-bond acceptors (Lipinski definition) is 7. The number of fused-ring (bicyclic) bond motifs is 1. The van der Waals surface area contributed by atoms with Crippen LogP contribution in [0.2, 0.25) is 0 Å². The average molecular weight is 368 g/mol. The van der Waals surface area contributed by atoms with Gasteiger partial charge in [-0.25, -0.2) is 15.0 Å². The first-order valence-corrected chi connectivity index (χ1v) is 9.37. The van der Waals surface area contributed by atoms with E-state index in [1.165, 1.54) is 7.11 Å². The predicted octanol–water partition coefficient (Wildman–Crippen LogP) is -0.664. The van der Waals surface area contributed by atoms with Gasteiger partial charge in [0.2, 0.25) is 5.88 Å². The van der Waals surface area contributed by atoms with Crippen molar-refractivity contribution < 1.29 is 13.2 Å². The van der Waals surface area contributed by atoms with Crippen molar-refractivity contribution in [2.75, 3.05) is 31.6 Å². The van der Waals surface area contributed by atoms with E-state index in [0.717, 1.165) is 12.8 Å². The summed E-state index contributed by atoms with van der Waals surface area (Å²) in [6.45, 7) is 1.60. The number of pyridine rings is 1. The van der Waals surface area contributed by atoms with Crippen molar-refractivity contribution in [2.45, 2.75) is 12.8 Å². The lowest BCUT2D eigenvalue weighted by atomic mass is 9.97. The van der Waals surface area contributed by atoms with Crippen molar-refractivity contribution in [1.29, 1.82) is 0 Å². The number of rotatable bonds is 5. The average Bonchev–Trinajstić information content (AvgIpc) is 2.59. The molecule has 0 aromatic carbocycles. The maximum atomic E-state index is 12.2. The largest absolute Gasteiger partial charge is 0.481 e. The van der Waals surface area contributed by atoms with Crippen molar-refractivity contribution in [3.05, 3.63) is 22.6 Å². The fraction of sp³-hybridized carbons (Fsp3) is 0.500. The molecule has 11 heteroatoms. The van der Waals surface area contributed by atoms with E-state index in [-0.39, 0.29) is 11.5 Å². The monoisotopic (exact) mass is 368 g/mol. The Morgan fingerprint density at radius 2 is 2.16 bits per heavy atom. The molecular formula is C14H20N6O4S. The van der Waals surface area contributed by atoms with Crippen molar-refractivity contribution in [1.82, 2.24) is 19.9 Å². The van der Waals surface area contributed by atoms with E-state index in [1.54, 1.807) is 12.3 Å². The SMILES string of the molecule is COc1cc2cn[nH]c(=O)c2c(N2CCC(CNS(N)(=O)=O)CC2)n1. The van der Waals surface area contributed by atoms with E-state index in [1.807, 2.05) is 4.90 Å². The van der Waals surface area contributed by atoms with E-state index < -0.39 is 10.2 Å². The standard InChI is InChI=1S/C14H20N6O4S/c1-24-11-6-10-8-16-19-14(21)12(10)13(18-11)20-4-2-9(3-5-20)7-17-25(15,22)23/h6,8-9,17H,2-5,7H2,1H3,(H,19,21)(H2,15,22,23). The summed E-state index contributed by atoms with van der Waals surface area (Å²) >= 11 is 0. The van der Waals surface area contributed by atoms with Crippen LogP contribution >= 0.6 is 0 Å². The Morgan fingerprint density at radius 1 is 1.44 bits per heavy atom. The molecule has 0 amide bonds. The van der Waals surface area contributed by atoms with Crippen LogP contribution < -0.4 is 25.1 Å². The summed E-state index contributed by atoms with van der Waals surface area (Å²) in [5, 5.41) is 12.3. The second-order valence-corrected chi connectivity index (χ2v) is 7.35. The van der Waals surface area contributed by atoms with Gasteiger partial charge in [0, 0.05) is 31.1 Å². The first-order valence-electron chi connectivity index (χ1n) is 7.82. The Kier molecular flexibility index (Phi) is 4.88. The number of aromatic nitrogens is 3. The molecule has 2 aromatic heterocycles. The molecule has 1 fully saturated rings. The van der Waals surface area contributed by atoms with E-state index in [0.29, 0.717) is 42.1 Å². The number of methoxy groups -OCH3 is 1. The van der Waals surface area contributed by atoms with Gasteiger partial charge in [-0.3, -0.25) is 4.79 Å². The lowest BCUT2D eigenvalue weighted by molar-refractivity contribution is 0.390. The molecule has 0 radical (unpaired) electrons. The first-order chi connectivity index (χ1) is 11.9. The number of nitrogens with one attached hydrogen (secondary N) is 2. The highest BCUT2D eigenvalue weighted by Crippen LogP contribution is 2.28. The molecule has 3 rings (SSSR count).